The number of anilines is 1. The van der Waals surface area contributed by atoms with Crippen molar-refractivity contribution < 1.29 is 13.9 Å². The average Bonchev–Trinajstić information content (AvgIpc) is 3.15. The number of aromatic nitrogens is 1. The maximum absolute atomic E-state index is 12.4. The van der Waals surface area contributed by atoms with Crippen molar-refractivity contribution in [1.29, 1.82) is 0 Å². The first-order valence-corrected chi connectivity index (χ1v) is 10.1. The van der Waals surface area contributed by atoms with Crippen LogP contribution in [-0.2, 0) is 4.79 Å². The van der Waals surface area contributed by atoms with Crippen LogP contribution >= 0.6 is 46.4 Å². The molecule has 0 aliphatic heterocycles. The molecule has 0 saturated carbocycles. The maximum Gasteiger partial charge on any atom is 0.262 e. The zero-order chi connectivity index (χ0) is 21.3. The van der Waals surface area contributed by atoms with E-state index < -0.39 is 5.91 Å². The third kappa shape index (κ3) is 4.50. The Morgan fingerprint density at radius 3 is 2.50 bits per heavy atom. The molecule has 0 bridgehead atoms. The Labute approximate surface area is 191 Å². The summed E-state index contributed by atoms with van der Waals surface area (Å²) in [6.45, 7) is -0.304. The van der Waals surface area contributed by atoms with Gasteiger partial charge in [0.15, 0.2) is 12.2 Å². The van der Waals surface area contributed by atoms with Crippen LogP contribution in [0.5, 0.6) is 5.75 Å². The number of benzene rings is 3. The number of carbonyl (C=O) groups excluding carboxylic acids is 1. The number of nitrogens with one attached hydrogen (secondary N) is 1. The highest BCUT2D eigenvalue weighted by molar-refractivity contribution is 6.43. The van der Waals surface area contributed by atoms with E-state index in [4.69, 9.17) is 55.6 Å². The number of oxazole rings is 1. The van der Waals surface area contributed by atoms with Gasteiger partial charge in [0.05, 0.1) is 25.8 Å². The smallest absolute Gasteiger partial charge is 0.262 e. The fraction of sp³-hybridized carbons (Fsp3) is 0.0476. The van der Waals surface area contributed by atoms with Gasteiger partial charge in [0.1, 0.15) is 11.3 Å². The van der Waals surface area contributed by atoms with Gasteiger partial charge < -0.3 is 14.5 Å². The van der Waals surface area contributed by atoms with Crippen LogP contribution in [0, 0.1) is 0 Å². The molecule has 0 aliphatic rings. The summed E-state index contributed by atoms with van der Waals surface area (Å²) in [5.74, 6) is 0.225. The van der Waals surface area contributed by atoms with Crippen LogP contribution in [0.1, 0.15) is 0 Å². The number of para-hydroxylation sites is 2. The number of halogens is 4. The second-order valence-corrected chi connectivity index (χ2v) is 7.84. The Bertz CT molecular complexity index is 1220. The summed E-state index contributed by atoms with van der Waals surface area (Å²) in [6.07, 6.45) is 0. The molecular weight excluding hydrogens is 470 g/mol. The summed E-state index contributed by atoms with van der Waals surface area (Å²) in [7, 11) is 0. The Balaban J connectivity index is 1.49. The average molecular weight is 482 g/mol. The number of rotatable bonds is 5. The van der Waals surface area contributed by atoms with Gasteiger partial charge >= 0.3 is 0 Å². The van der Waals surface area contributed by atoms with Gasteiger partial charge in [-0.25, -0.2) is 4.98 Å². The van der Waals surface area contributed by atoms with Crippen molar-refractivity contribution in [3.8, 4) is 17.2 Å². The summed E-state index contributed by atoms with van der Waals surface area (Å²) < 4.78 is 11.2. The minimum absolute atomic E-state index is 0.243. The van der Waals surface area contributed by atoms with Crippen molar-refractivity contribution in [2.75, 3.05) is 11.9 Å². The molecule has 0 spiro atoms. The molecule has 0 saturated heterocycles. The Hall–Kier alpha value is -2.44. The summed E-state index contributed by atoms with van der Waals surface area (Å²) in [5, 5.41) is 3.87. The monoisotopic (exact) mass is 480 g/mol. The van der Waals surface area contributed by atoms with E-state index in [0.29, 0.717) is 32.8 Å². The number of nitrogens with zero attached hydrogens (tertiary/aromatic N) is 1. The van der Waals surface area contributed by atoms with Crippen molar-refractivity contribution >= 4 is 69.1 Å². The zero-order valence-electron chi connectivity index (χ0n) is 15.1. The number of hydrogen-bond acceptors (Lipinski definition) is 4. The van der Waals surface area contributed by atoms with Gasteiger partial charge in [0.2, 0.25) is 5.89 Å². The second kappa shape index (κ2) is 8.74. The molecule has 0 fully saturated rings. The fourth-order valence-corrected chi connectivity index (χ4v) is 3.45. The molecule has 1 N–H and O–H groups in total. The van der Waals surface area contributed by atoms with E-state index in [1.807, 2.05) is 24.3 Å². The minimum Gasteiger partial charge on any atom is -0.482 e. The number of hydrogen-bond donors (Lipinski definition) is 1. The normalized spacial score (nSPS) is 10.9. The van der Waals surface area contributed by atoms with E-state index in [0.717, 1.165) is 5.52 Å². The van der Waals surface area contributed by atoms with Gasteiger partial charge in [-0.3, -0.25) is 4.79 Å². The van der Waals surface area contributed by atoms with E-state index in [1.165, 1.54) is 12.1 Å². The van der Waals surface area contributed by atoms with Gasteiger partial charge in [0.25, 0.3) is 5.91 Å². The molecule has 5 nitrogen and oxygen atoms in total. The molecule has 152 valence electrons. The van der Waals surface area contributed by atoms with Crippen LogP contribution in [0.15, 0.2) is 59.0 Å². The van der Waals surface area contributed by atoms with Crippen molar-refractivity contribution in [2.45, 2.75) is 0 Å². The maximum atomic E-state index is 12.4. The van der Waals surface area contributed by atoms with E-state index in [2.05, 4.69) is 10.3 Å². The first-order valence-electron chi connectivity index (χ1n) is 8.63. The minimum atomic E-state index is -0.436. The SMILES string of the molecule is O=C(COc1cc(Cl)c(Cl)cc1Cl)Nc1cc(-c2nc3ccccc3o2)ccc1Cl. The van der Waals surface area contributed by atoms with Crippen molar-refractivity contribution in [3.63, 3.8) is 0 Å². The Morgan fingerprint density at radius 2 is 1.70 bits per heavy atom. The molecule has 30 heavy (non-hydrogen) atoms. The van der Waals surface area contributed by atoms with Gasteiger partial charge in [-0.1, -0.05) is 58.5 Å². The molecule has 0 atom stereocenters. The van der Waals surface area contributed by atoms with Crippen LogP contribution in [0.25, 0.3) is 22.6 Å². The van der Waals surface area contributed by atoms with Crippen LogP contribution < -0.4 is 10.1 Å². The number of carbonyl (C=O) groups is 1. The number of amides is 1. The molecule has 1 heterocycles. The van der Waals surface area contributed by atoms with Crippen LogP contribution in [-0.4, -0.2) is 17.5 Å². The predicted molar refractivity (Wildman–Crippen MR) is 120 cm³/mol. The summed E-state index contributed by atoms with van der Waals surface area (Å²) >= 11 is 24.1. The highest BCUT2D eigenvalue weighted by Crippen LogP contribution is 2.34. The van der Waals surface area contributed by atoms with E-state index in [-0.39, 0.29) is 22.4 Å². The predicted octanol–water partition coefficient (Wildman–Crippen LogP) is 7.13. The number of ether oxygens (including phenoxy) is 1. The first kappa shape index (κ1) is 20.8. The molecule has 0 aliphatic carbocycles. The highest BCUT2D eigenvalue weighted by Gasteiger charge is 2.14. The highest BCUT2D eigenvalue weighted by atomic mass is 35.5. The lowest BCUT2D eigenvalue weighted by Gasteiger charge is -2.11. The molecule has 9 heteroatoms. The molecule has 1 aromatic heterocycles. The molecule has 4 rings (SSSR count). The van der Waals surface area contributed by atoms with Gasteiger partial charge in [-0.2, -0.15) is 0 Å². The molecular formula is C21H12Cl4N2O3. The molecule has 1 amide bonds. The Kier molecular flexibility index (Phi) is 6.06. The van der Waals surface area contributed by atoms with E-state index in [9.17, 15) is 4.79 Å². The topological polar surface area (TPSA) is 64.4 Å². The van der Waals surface area contributed by atoms with E-state index >= 15 is 0 Å². The molecule has 4 aromatic rings. The summed E-state index contributed by atoms with van der Waals surface area (Å²) in [6, 6.07) is 15.4. The first-order chi connectivity index (χ1) is 14.4. The van der Waals surface area contributed by atoms with Gasteiger partial charge in [0, 0.05) is 11.6 Å². The molecule has 0 unspecified atom stereocenters. The second-order valence-electron chi connectivity index (χ2n) is 6.21. The summed E-state index contributed by atoms with van der Waals surface area (Å²) in [5.41, 5.74) is 2.46. The van der Waals surface area contributed by atoms with Gasteiger partial charge in [-0.15, -0.1) is 0 Å². The lowest BCUT2D eigenvalue weighted by Crippen LogP contribution is -2.20. The van der Waals surface area contributed by atoms with Crippen molar-refractivity contribution in [2.24, 2.45) is 0 Å². The third-order valence-electron chi connectivity index (χ3n) is 4.11. The third-order valence-corrected chi connectivity index (χ3v) is 5.46. The molecule has 3 aromatic carbocycles. The number of fused-ring (bicyclic) bond motifs is 1. The lowest BCUT2D eigenvalue weighted by atomic mass is 10.2. The van der Waals surface area contributed by atoms with Crippen molar-refractivity contribution in [1.82, 2.24) is 4.98 Å². The quantitative estimate of drug-likeness (QED) is 0.308. The Morgan fingerprint density at radius 1 is 0.933 bits per heavy atom. The van der Waals surface area contributed by atoms with Crippen molar-refractivity contribution in [3.05, 3.63) is 74.7 Å². The standard InChI is InChI=1S/C21H12Cl4N2O3/c22-12-6-5-11(21-27-16-3-1-2-4-18(16)30-21)7-17(12)26-20(28)10-29-19-9-14(24)13(23)8-15(19)25/h1-9H,10H2,(H,26,28). The summed E-state index contributed by atoms with van der Waals surface area (Å²) in [4.78, 5) is 16.8. The van der Waals surface area contributed by atoms with Crippen LogP contribution in [0.4, 0.5) is 5.69 Å². The van der Waals surface area contributed by atoms with E-state index in [1.54, 1.807) is 18.2 Å². The van der Waals surface area contributed by atoms with Crippen LogP contribution in [0.2, 0.25) is 20.1 Å². The molecule has 0 radical (unpaired) electrons. The zero-order valence-corrected chi connectivity index (χ0v) is 18.1. The fourth-order valence-electron chi connectivity index (χ4n) is 2.69. The van der Waals surface area contributed by atoms with Gasteiger partial charge in [-0.05, 0) is 36.4 Å². The van der Waals surface area contributed by atoms with Crippen LogP contribution in [0.3, 0.4) is 0 Å². The lowest BCUT2D eigenvalue weighted by molar-refractivity contribution is -0.118. The largest absolute Gasteiger partial charge is 0.482 e.